The molecule has 6 nitrogen and oxygen atoms in total. The van der Waals surface area contributed by atoms with E-state index in [4.69, 9.17) is 5.84 Å². The van der Waals surface area contributed by atoms with Gasteiger partial charge in [-0.3, -0.25) is 20.9 Å². The highest BCUT2D eigenvalue weighted by atomic mass is 19.4. The van der Waals surface area contributed by atoms with Crippen molar-refractivity contribution in [3.8, 4) is 0 Å². The predicted molar refractivity (Wildman–Crippen MR) is 70.4 cm³/mol. The van der Waals surface area contributed by atoms with Crippen molar-refractivity contribution in [1.29, 1.82) is 0 Å². The Morgan fingerprint density at radius 3 is 2.57 bits per heavy atom. The number of hydrogen-bond donors (Lipinski definition) is 2. The van der Waals surface area contributed by atoms with Crippen molar-refractivity contribution in [2.45, 2.75) is 31.6 Å². The molecule has 3 N–H and O–H groups in total. The van der Waals surface area contributed by atoms with Crippen molar-refractivity contribution in [1.82, 2.24) is 4.90 Å². The molecule has 0 spiro atoms. The molecule has 1 aliphatic carbocycles. The average Bonchev–Trinajstić information content (AvgIpc) is 3.20. The van der Waals surface area contributed by atoms with Crippen molar-refractivity contribution in [2.24, 2.45) is 5.84 Å². The van der Waals surface area contributed by atoms with E-state index in [1.807, 2.05) is 0 Å². The summed E-state index contributed by atoms with van der Waals surface area (Å²) >= 11 is 0. The Hall–Kier alpha value is -1.87. The summed E-state index contributed by atoms with van der Waals surface area (Å²) < 4.78 is 37.6. The summed E-state index contributed by atoms with van der Waals surface area (Å²) in [6.07, 6.45) is -2.84. The fourth-order valence-electron chi connectivity index (χ4n) is 2.17. The Balaban J connectivity index is 2.17. The first-order chi connectivity index (χ1) is 9.80. The zero-order valence-corrected chi connectivity index (χ0v) is 11.1. The molecular weight excluding hydrogens is 289 g/mol. The smallest absolute Gasteiger partial charge is 0.318 e. The molecule has 0 radical (unpaired) electrons. The van der Waals surface area contributed by atoms with Gasteiger partial charge in [0.1, 0.15) is 5.69 Å². The third-order valence-electron chi connectivity index (χ3n) is 3.25. The van der Waals surface area contributed by atoms with E-state index in [0.717, 1.165) is 12.8 Å². The van der Waals surface area contributed by atoms with Gasteiger partial charge in [-0.25, -0.2) is 0 Å². The molecule has 1 saturated carbocycles. The molecule has 1 fully saturated rings. The molecule has 0 amide bonds. The molecule has 0 heterocycles. The van der Waals surface area contributed by atoms with Gasteiger partial charge in [0.05, 0.1) is 11.5 Å². The van der Waals surface area contributed by atoms with Gasteiger partial charge in [0, 0.05) is 18.7 Å². The fourth-order valence-corrected chi connectivity index (χ4v) is 2.17. The molecule has 0 saturated heterocycles. The molecule has 9 heteroatoms. The maximum Gasteiger partial charge on any atom is 0.401 e. The van der Waals surface area contributed by atoms with E-state index in [0.29, 0.717) is 5.56 Å². The van der Waals surface area contributed by atoms with Crippen LogP contribution < -0.4 is 11.3 Å². The number of benzene rings is 1. The summed E-state index contributed by atoms with van der Waals surface area (Å²) in [6.45, 7) is -0.988. The van der Waals surface area contributed by atoms with E-state index in [9.17, 15) is 23.3 Å². The maximum absolute atomic E-state index is 12.5. The molecule has 0 aromatic heterocycles. The summed E-state index contributed by atoms with van der Waals surface area (Å²) in [5.41, 5.74) is 2.52. The highest BCUT2D eigenvalue weighted by Gasteiger charge is 2.38. The number of alkyl halides is 3. The van der Waals surface area contributed by atoms with Gasteiger partial charge in [-0.15, -0.1) is 0 Å². The zero-order chi connectivity index (χ0) is 15.6. The monoisotopic (exact) mass is 304 g/mol. The van der Waals surface area contributed by atoms with Crippen molar-refractivity contribution in [3.63, 3.8) is 0 Å². The zero-order valence-electron chi connectivity index (χ0n) is 11.1. The van der Waals surface area contributed by atoms with Crippen LogP contribution in [0.5, 0.6) is 0 Å². The molecule has 21 heavy (non-hydrogen) atoms. The van der Waals surface area contributed by atoms with Crippen molar-refractivity contribution >= 4 is 11.4 Å². The van der Waals surface area contributed by atoms with Gasteiger partial charge in [0.25, 0.3) is 5.69 Å². The number of nitrogen functional groups attached to an aromatic ring is 1. The molecule has 1 aliphatic rings. The average molecular weight is 304 g/mol. The number of nitro benzene ring substituents is 1. The molecule has 116 valence electrons. The van der Waals surface area contributed by atoms with E-state index < -0.39 is 17.6 Å². The van der Waals surface area contributed by atoms with Gasteiger partial charge >= 0.3 is 6.18 Å². The van der Waals surface area contributed by atoms with Gasteiger partial charge in [0.2, 0.25) is 0 Å². The Labute approximate surface area is 118 Å². The molecule has 2 rings (SSSR count). The van der Waals surface area contributed by atoms with E-state index in [1.165, 1.54) is 23.1 Å². The molecule has 0 bridgehead atoms. The number of halogens is 3. The third kappa shape index (κ3) is 4.30. The minimum Gasteiger partial charge on any atom is -0.318 e. The summed E-state index contributed by atoms with van der Waals surface area (Å²) in [6, 6.07) is 4.08. The lowest BCUT2D eigenvalue weighted by atomic mass is 10.1. The number of nitrogens with one attached hydrogen (secondary N) is 1. The quantitative estimate of drug-likeness (QED) is 0.479. The lowest BCUT2D eigenvalue weighted by Gasteiger charge is -2.23. The number of hydrazine groups is 1. The second kappa shape index (κ2) is 5.86. The second-order valence-corrected chi connectivity index (χ2v) is 5.00. The molecule has 1 aromatic rings. The standard InChI is InChI=1S/C12H15F3N4O2/c13-12(14,15)7-18(9-2-3-9)6-8-1-4-10(17-16)11(5-8)19(20)21/h1,4-5,9,17H,2-3,6-7,16H2. The van der Waals surface area contributed by atoms with Crippen LogP contribution in [0.3, 0.4) is 0 Å². The molecule has 1 aromatic carbocycles. The van der Waals surface area contributed by atoms with Crippen LogP contribution in [0.2, 0.25) is 0 Å². The molecule has 0 aliphatic heterocycles. The second-order valence-electron chi connectivity index (χ2n) is 5.00. The minimum absolute atomic E-state index is 0.0237. The van der Waals surface area contributed by atoms with Gasteiger partial charge in [-0.2, -0.15) is 13.2 Å². The number of rotatable bonds is 6. The lowest BCUT2D eigenvalue weighted by Crippen LogP contribution is -2.35. The summed E-state index contributed by atoms with van der Waals surface area (Å²) in [7, 11) is 0. The maximum atomic E-state index is 12.5. The van der Waals surface area contributed by atoms with Crippen LogP contribution in [0.1, 0.15) is 18.4 Å². The SMILES string of the molecule is NNc1ccc(CN(CC(F)(F)F)C2CC2)cc1[N+](=O)[O-]. The van der Waals surface area contributed by atoms with Crippen LogP contribution in [0.4, 0.5) is 24.5 Å². The summed E-state index contributed by atoms with van der Waals surface area (Å²) in [5.74, 6) is 5.17. The van der Waals surface area contributed by atoms with E-state index in [1.54, 1.807) is 0 Å². The molecule has 0 unspecified atom stereocenters. The Kier molecular flexibility index (Phi) is 4.33. The Morgan fingerprint density at radius 1 is 1.43 bits per heavy atom. The first-order valence-electron chi connectivity index (χ1n) is 6.35. The van der Waals surface area contributed by atoms with Gasteiger partial charge < -0.3 is 5.43 Å². The number of hydrogen-bond acceptors (Lipinski definition) is 5. The van der Waals surface area contributed by atoms with Crippen molar-refractivity contribution in [3.05, 3.63) is 33.9 Å². The van der Waals surface area contributed by atoms with E-state index in [2.05, 4.69) is 5.43 Å². The Morgan fingerprint density at radius 2 is 2.10 bits per heavy atom. The Bertz CT molecular complexity index is 532. The molecular formula is C12H15F3N4O2. The fraction of sp³-hybridized carbons (Fsp3) is 0.500. The van der Waals surface area contributed by atoms with Gasteiger partial charge in [0.15, 0.2) is 0 Å². The number of nitro groups is 1. The van der Waals surface area contributed by atoms with Crippen LogP contribution in [0, 0.1) is 10.1 Å². The summed E-state index contributed by atoms with van der Waals surface area (Å²) in [4.78, 5) is 11.6. The van der Waals surface area contributed by atoms with E-state index >= 15 is 0 Å². The minimum atomic E-state index is -4.28. The van der Waals surface area contributed by atoms with Crippen LogP contribution in [-0.2, 0) is 6.54 Å². The van der Waals surface area contributed by atoms with Crippen molar-refractivity contribution < 1.29 is 18.1 Å². The first-order valence-corrected chi connectivity index (χ1v) is 6.35. The number of nitrogens with two attached hydrogens (primary N) is 1. The van der Waals surface area contributed by atoms with Crippen LogP contribution in [0.25, 0.3) is 0 Å². The van der Waals surface area contributed by atoms with E-state index in [-0.39, 0.29) is 24.0 Å². The van der Waals surface area contributed by atoms with Crippen LogP contribution in [-0.4, -0.2) is 28.6 Å². The van der Waals surface area contributed by atoms with Crippen LogP contribution >= 0.6 is 0 Å². The van der Waals surface area contributed by atoms with Gasteiger partial charge in [-0.05, 0) is 24.5 Å². The molecule has 0 atom stereocenters. The normalized spacial score (nSPS) is 15.3. The first kappa shape index (κ1) is 15.5. The van der Waals surface area contributed by atoms with Crippen LogP contribution in [0.15, 0.2) is 18.2 Å². The highest BCUT2D eigenvalue weighted by Crippen LogP contribution is 2.32. The number of anilines is 1. The highest BCUT2D eigenvalue weighted by molar-refractivity contribution is 5.61. The van der Waals surface area contributed by atoms with Crippen molar-refractivity contribution in [2.75, 3.05) is 12.0 Å². The lowest BCUT2D eigenvalue weighted by molar-refractivity contribution is -0.384. The number of nitrogens with zero attached hydrogens (tertiary/aromatic N) is 2. The topological polar surface area (TPSA) is 84.4 Å². The largest absolute Gasteiger partial charge is 0.401 e. The van der Waals surface area contributed by atoms with Gasteiger partial charge in [-0.1, -0.05) is 6.07 Å². The summed E-state index contributed by atoms with van der Waals surface area (Å²) in [5, 5.41) is 10.9. The predicted octanol–water partition coefficient (Wildman–Crippen LogP) is 2.41. The third-order valence-corrected chi connectivity index (χ3v) is 3.25.